The van der Waals surface area contributed by atoms with E-state index in [1.54, 1.807) is 4.90 Å². The van der Waals surface area contributed by atoms with Crippen LogP contribution in [-0.2, 0) is 11.3 Å². The number of rotatable bonds is 2. The summed E-state index contributed by atoms with van der Waals surface area (Å²) in [6.07, 6.45) is 3.91. The summed E-state index contributed by atoms with van der Waals surface area (Å²) in [4.78, 5) is 13.5. The van der Waals surface area contributed by atoms with Gasteiger partial charge in [0.2, 0.25) is 0 Å². The van der Waals surface area contributed by atoms with Crippen LogP contribution in [0.25, 0.3) is 0 Å². The maximum atomic E-state index is 11.8. The molecule has 3 heteroatoms. The van der Waals surface area contributed by atoms with Gasteiger partial charge in [-0.3, -0.25) is 0 Å². The summed E-state index contributed by atoms with van der Waals surface area (Å²) in [5.74, 6) is 0.410. The van der Waals surface area contributed by atoms with Gasteiger partial charge in [-0.05, 0) is 11.5 Å². The highest BCUT2D eigenvalue weighted by atomic mass is 16.6. The SMILES string of the molecule is C[C@H]1C=CCN(C(=O)OCc2ccccc2)C1. The van der Waals surface area contributed by atoms with Crippen molar-refractivity contribution in [2.24, 2.45) is 5.92 Å². The second-order valence-corrected chi connectivity index (χ2v) is 4.35. The highest BCUT2D eigenvalue weighted by Crippen LogP contribution is 2.10. The van der Waals surface area contributed by atoms with E-state index in [0.29, 0.717) is 19.1 Å². The van der Waals surface area contributed by atoms with Crippen LogP contribution >= 0.6 is 0 Å². The standard InChI is InChI=1S/C14H17NO2/c1-12-6-5-9-15(10-12)14(16)17-11-13-7-3-2-4-8-13/h2-8,12H,9-11H2,1H3/t12-/m0/s1. The first kappa shape index (κ1) is 11.7. The van der Waals surface area contributed by atoms with Crippen molar-refractivity contribution < 1.29 is 9.53 Å². The van der Waals surface area contributed by atoms with Gasteiger partial charge in [0.15, 0.2) is 0 Å². The Morgan fingerprint density at radius 3 is 2.88 bits per heavy atom. The van der Waals surface area contributed by atoms with Crippen molar-refractivity contribution in [2.75, 3.05) is 13.1 Å². The van der Waals surface area contributed by atoms with Crippen LogP contribution in [0, 0.1) is 5.92 Å². The lowest BCUT2D eigenvalue weighted by Crippen LogP contribution is -2.37. The summed E-state index contributed by atoms with van der Waals surface area (Å²) in [5, 5.41) is 0. The average molecular weight is 231 g/mol. The summed E-state index contributed by atoms with van der Waals surface area (Å²) >= 11 is 0. The van der Waals surface area contributed by atoms with Gasteiger partial charge >= 0.3 is 6.09 Å². The molecule has 17 heavy (non-hydrogen) atoms. The van der Waals surface area contributed by atoms with Crippen LogP contribution in [-0.4, -0.2) is 24.1 Å². The van der Waals surface area contributed by atoms with Gasteiger partial charge in [-0.1, -0.05) is 49.4 Å². The predicted molar refractivity (Wildman–Crippen MR) is 66.5 cm³/mol. The normalized spacial score (nSPS) is 19.1. The molecule has 0 aromatic heterocycles. The highest BCUT2D eigenvalue weighted by molar-refractivity contribution is 5.68. The monoisotopic (exact) mass is 231 g/mol. The first-order chi connectivity index (χ1) is 8.25. The fourth-order valence-electron chi connectivity index (χ4n) is 1.86. The first-order valence-corrected chi connectivity index (χ1v) is 5.88. The molecule has 0 unspecified atom stereocenters. The Bertz CT molecular complexity index is 400. The zero-order valence-corrected chi connectivity index (χ0v) is 10.0. The largest absolute Gasteiger partial charge is 0.445 e. The number of ether oxygens (including phenoxy) is 1. The average Bonchev–Trinajstić information content (AvgIpc) is 2.37. The third kappa shape index (κ3) is 3.34. The Balaban J connectivity index is 1.84. The van der Waals surface area contributed by atoms with Crippen LogP contribution in [0.5, 0.6) is 0 Å². The van der Waals surface area contributed by atoms with Crippen molar-refractivity contribution >= 4 is 6.09 Å². The lowest BCUT2D eigenvalue weighted by Gasteiger charge is -2.26. The van der Waals surface area contributed by atoms with Crippen molar-refractivity contribution in [1.29, 1.82) is 0 Å². The van der Waals surface area contributed by atoms with E-state index in [9.17, 15) is 4.79 Å². The van der Waals surface area contributed by atoms with E-state index >= 15 is 0 Å². The molecule has 1 atom stereocenters. The minimum absolute atomic E-state index is 0.231. The van der Waals surface area contributed by atoms with Crippen LogP contribution in [0.15, 0.2) is 42.5 Å². The maximum Gasteiger partial charge on any atom is 0.410 e. The molecule has 2 rings (SSSR count). The molecule has 0 bridgehead atoms. The third-order valence-corrected chi connectivity index (χ3v) is 2.76. The molecule has 0 saturated heterocycles. The number of carbonyl (C=O) groups is 1. The summed E-state index contributed by atoms with van der Waals surface area (Å²) < 4.78 is 5.27. The molecule has 0 fully saturated rings. The Morgan fingerprint density at radius 1 is 1.41 bits per heavy atom. The quantitative estimate of drug-likeness (QED) is 0.732. The van der Waals surface area contributed by atoms with Crippen molar-refractivity contribution in [3.8, 4) is 0 Å². The summed E-state index contributed by atoms with van der Waals surface area (Å²) in [5.41, 5.74) is 1.02. The molecular formula is C14H17NO2. The molecule has 1 aromatic rings. The maximum absolute atomic E-state index is 11.8. The molecule has 1 aliphatic rings. The molecule has 3 nitrogen and oxygen atoms in total. The summed E-state index contributed by atoms with van der Waals surface area (Å²) in [6.45, 7) is 3.82. The van der Waals surface area contributed by atoms with Crippen LogP contribution in [0.3, 0.4) is 0 Å². The lowest BCUT2D eigenvalue weighted by molar-refractivity contribution is 0.0956. The fourth-order valence-corrected chi connectivity index (χ4v) is 1.86. The Labute approximate surface area is 102 Å². The van der Waals surface area contributed by atoms with Gasteiger partial charge in [0.1, 0.15) is 6.61 Å². The topological polar surface area (TPSA) is 29.5 Å². The smallest absolute Gasteiger partial charge is 0.410 e. The first-order valence-electron chi connectivity index (χ1n) is 5.88. The minimum atomic E-state index is -0.231. The zero-order chi connectivity index (χ0) is 12.1. The predicted octanol–water partition coefficient (Wildman–Crippen LogP) is 2.83. The second-order valence-electron chi connectivity index (χ2n) is 4.35. The van der Waals surface area contributed by atoms with Gasteiger partial charge in [0, 0.05) is 13.1 Å². The van der Waals surface area contributed by atoms with Crippen molar-refractivity contribution in [3.63, 3.8) is 0 Å². The number of nitrogens with zero attached hydrogens (tertiary/aromatic N) is 1. The molecule has 1 aromatic carbocycles. The molecule has 0 N–H and O–H groups in total. The van der Waals surface area contributed by atoms with Gasteiger partial charge < -0.3 is 9.64 Å². The van der Waals surface area contributed by atoms with Gasteiger partial charge in [-0.15, -0.1) is 0 Å². The highest BCUT2D eigenvalue weighted by Gasteiger charge is 2.18. The van der Waals surface area contributed by atoms with Crippen molar-refractivity contribution in [1.82, 2.24) is 4.90 Å². The van der Waals surface area contributed by atoms with Crippen LogP contribution in [0.4, 0.5) is 4.79 Å². The van der Waals surface area contributed by atoms with Crippen LogP contribution in [0.2, 0.25) is 0 Å². The molecule has 0 spiro atoms. The second kappa shape index (κ2) is 5.53. The van der Waals surface area contributed by atoms with E-state index in [1.807, 2.05) is 36.4 Å². The van der Waals surface area contributed by atoms with E-state index in [1.165, 1.54) is 0 Å². The Kier molecular flexibility index (Phi) is 3.81. The van der Waals surface area contributed by atoms with E-state index in [4.69, 9.17) is 4.74 Å². The zero-order valence-electron chi connectivity index (χ0n) is 10.0. The lowest BCUT2D eigenvalue weighted by atomic mass is 10.1. The van der Waals surface area contributed by atoms with Crippen LogP contribution in [0.1, 0.15) is 12.5 Å². The molecular weight excluding hydrogens is 214 g/mol. The molecule has 0 saturated carbocycles. The Hall–Kier alpha value is -1.77. The van der Waals surface area contributed by atoms with Crippen LogP contribution < -0.4 is 0 Å². The molecule has 90 valence electrons. The summed E-state index contributed by atoms with van der Waals surface area (Å²) in [6, 6.07) is 9.73. The van der Waals surface area contributed by atoms with E-state index in [0.717, 1.165) is 12.1 Å². The van der Waals surface area contributed by atoms with Gasteiger partial charge in [-0.2, -0.15) is 0 Å². The number of amides is 1. The number of hydrogen-bond acceptors (Lipinski definition) is 2. The van der Waals surface area contributed by atoms with E-state index < -0.39 is 0 Å². The molecule has 1 aliphatic heterocycles. The number of benzene rings is 1. The molecule has 0 radical (unpaired) electrons. The third-order valence-electron chi connectivity index (χ3n) is 2.76. The van der Waals surface area contributed by atoms with Gasteiger partial charge in [0.05, 0.1) is 0 Å². The molecule has 1 heterocycles. The molecule has 1 amide bonds. The van der Waals surface area contributed by atoms with Crippen molar-refractivity contribution in [3.05, 3.63) is 48.0 Å². The number of carbonyl (C=O) groups excluding carboxylic acids is 1. The van der Waals surface area contributed by atoms with Crippen molar-refractivity contribution in [2.45, 2.75) is 13.5 Å². The van der Waals surface area contributed by atoms with Gasteiger partial charge in [-0.25, -0.2) is 4.79 Å². The minimum Gasteiger partial charge on any atom is -0.445 e. The summed E-state index contributed by atoms with van der Waals surface area (Å²) in [7, 11) is 0. The van der Waals surface area contributed by atoms with Gasteiger partial charge in [0.25, 0.3) is 0 Å². The fraction of sp³-hybridized carbons (Fsp3) is 0.357. The van der Waals surface area contributed by atoms with E-state index in [-0.39, 0.29) is 6.09 Å². The van der Waals surface area contributed by atoms with E-state index in [2.05, 4.69) is 13.0 Å². The Morgan fingerprint density at radius 2 is 2.18 bits per heavy atom. The molecule has 0 aliphatic carbocycles. The number of hydrogen-bond donors (Lipinski definition) is 0.